The molecule has 49 heavy (non-hydrogen) atoms. The standard InChI is InChI=1S/C37H70NO10P/c1-3-5-7-9-11-13-15-16-17-18-19-21-23-25-27-29-36(40)48-33(31-46-49(43,44)47-32-34(38)37(41)42)30-45-35(39)28-26-24-22-20-14-12-10-8-6-4-2/h16-17,33-34H,3-15,18-32,38H2,1-2H3,(H,41,42)(H,43,44)/b17-16-/t33-,34+/m1/s1. The second kappa shape index (κ2) is 33.4. The third-order valence-electron chi connectivity index (χ3n) is 8.26. The Bertz CT molecular complexity index is 900. The number of ether oxygens (including phenoxy) is 2. The van der Waals surface area contributed by atoms with E-state index in [9.17, 15) is 23.8 Å². The number of carbonyl (C=O) groups is 3. The van der Waals surface area contributed by atoms with Gasteiger partial charge in [-0.05, 0) is 38.5 Å². The van der Waals surface area contributed by atoms with Gasteiger partial charge in [-0.3, -0.25) is 23.4 Å². The van der Waals surface area contributed by atoms with Crippen molar-refractivity contribution in [3.63, 3.8) is 0 Å². The highest BCUT2D eigenvalue weighted by molar-refractivity contribution is 7.47. The van der Waals surface area contributed by atoms with Crippen LogP contribution in [0, 0.1) is 0 Å². The molecule has 0 aliphatic heterocycles. The van der Waals surface area contributed by atoms with Crippen LogP contribution in [-0.4, -0.2) is 59.9 Å². The molecule has 4 N–H and O–H groups in total. The zero-order chi connectivity index (χ0) is 36.4. The largest absolute Gasteiger partial charge is 0.480 e. The van der Waals surface area contributed by atoms with E-state index < -0.39 is 51.1 Å². The van der Waals surface area contributed by atoms with Gasteiger partial charge in [0.2, 0.25) is 0 Å². The molecule has 0 rings (SSSR count). The minimum absolute atomic E-state index is 0.155. The van der Waals surface area contributed by atoms with E-state index in [1.807, 2.05) is 0 Å². The molecule has 288 valence electrons. The van der Waals surface area contributed by atoms with Gasteiger partial charge < -0.3 is 25.2 Å². The van der Waals surface area contributed by atoms with Crippen LogP contribution in [-0.2, 0) is 37.5 Å². The minimum atomic E-state index is -4.70. The van der Waals surface area contributed by atoms with Crippen molar-refractivity contribution < 1.29 is 47.5 Å². The van der Waals surface area contributed by atoms with E-state index in [-0.39, 0.29) is 19.4 Å². The van der Waals surface area contributed by atoms with E-state index in [1.165, 1.54) is 77.0 Å². The van der Waals surface area contributed by atoms with Crippen LogP contribution in [0.2, 0.25) is 0 Å². The number of unbranched alkanes of at least 4 members (excludes halogenated alkanes) is 20. The second-order valence-electron chi connectivity index (χ2n) is 13.1. The van der Waals surface area contributed by atoms with Gasteiger partial charge in [0.15, 0.2) is 6.10 Å². The van der Waals surface area contributed by atoms with Gasteiger partial charge in [0.1, 0.15) is 12.6 Å². The fraction of sp³-hybridized carbons (Fsp3) is 0.865. The van der Waals surface area contributed by atoms with Gasteiger partial charge in [-0.1, -0.05) is 135 Å². The van der Waals surface area contributed by atoms with Gasteiger partial charge in [0.05, 0.1) is 13.2 Å². The Hall–Kier alpha value is -1.78. The van der Waals surface area contributed by atoms with Crippen LogP contribution < -0.4 is 5.73 Å². The third-order valence-corrected chi connectivity index (χ3v) is 9.21. The Kier molecular flexibility index (Phi) is 32.2. The highest BCUT2D eigenvalue weighted by atomic mass is 31.2. The summed E-state index contributed by atoms with van der Waals surface area (Å²) in [5, 5.41) is 8.85. The van der Waals surface area contributed by atoms with Gasteiger partial charge in [-0.25, -0.2) is 4.57 Å². The maximum Gasteiger partial charge on any atom is 0.472 e. The summed E-state index contributed by atoms with van der Waals surface area (Å²) >= 11 is 0. The number of carbonyl (C=O) groups excluding carboxylic acids is 2. The molecule has 1 unspecified atom stereocenters. The molecule has 12 heteroatoms. The van der Waals surface area contributed by atoms with Crippen molar-refractivity contribution in [1.29, 1.82) is 0 Å². The van der Waals surface area contributed by atoms with Crippen LogP contribution in [0.1, 0.15) is 174 Å². The monoisotopic (exact) mass is 719 g/mol. The molecule has 0 heterocycles. The molecule has 0 aromatic carbocycles. The predicted octanol–water partition coefficient (Wildman–Crippen LogP) is 9.34. The molecule has 0 bridgehead atoms. The van der Waals surface area contributed by atoms with Crippen molar-refractivity contribution in [2.45, 2.75) is 187 Å². The number of aliphatic carboxylic acids is 1. The summed E-state index contributed by atoms with van der Waals surface area (Å²) in [6.07, 6.45) is 30.0. The summed E-state index contributed by atoms with van der Waals surface area (Å²) in [7, 11) is -4.70. The zero-order valence-corrected chi connectivity index (χ0v) is 31.7. The predicted molar refractivity (Wildman–Crippen MR) is 194 cm³/mol. The molecule has 0 saturated heterocycles. The Morgan fingerprint density at radius 3 is 1.49 bits per heavy atom. The average molecular weight is 720 g/mol. The molecule has 0 aromatic heterocycles. The molecule has 0 spiro atoms. The van der Waals surface area contributed by atoms with Crippen molar-refractivity contribution in [2.75, 3.05) is 19.8 Å². The number of esters is 2. The number of carboxylic acids is 1. The summed E-state index contributed by atoms with van der Waals surface area (Å²) in [4.78, 5) is 45.7. The van der Waals surface area contributed by atoms with E-state index in [0.717, 1.165) is 57.8 Å². The summed E-state index contributed by atoms with van der Waals surface area (Å²) in [6, 6.07) is -1.52. The lowest BCUT2D eigenvalue weighted by Crippen LogP contribution is -2.34. The lowest BCUT2D eigenvalue weighted by molar-refractivity contribution is -0.161. The first-order valence-electron chi connectivity index (χ1n) is 19.2. The number of hydrogen-bond acceptors (Lipinski definition) is 9. The Morgan fingerprint density at radius 2 is 1.02 bits per heavy atom. The van der Waals surface area contributed by atoms with Crippen LogP contribution in [0.5, 0.6) is 0 Å². The van der Waals surface area contributed by atoms with Gasteiger partial charge in [0.25, 0.3) is 0 Å². The van der Waals surface area contributed by atoms with Crippen LogP contribution >= 0.6 is 7.82 Å². The highest BCUT2D eigenvalue weighted by Crippen LogP contribution is 2.43. The molecular formula is C37H70NO10P. The van der Waals surface area contributed by atoms with Gasteiger partial charge in [-0.15, -0.1) is 0 Å². The Labute approximate surface area is 297 Å². The molecule has 0 aromatic rings. The average Bonchev–Trinajstić information content (AvgIpc) is 3.07. The lowest BCUT2D eigenvalue weighted by Gasteiger charge is -2.20. The quantitative estimate of drug-likeness (QED) is 0.0244. The van der Waals surface area contributed by atoms with Gasteiger partial charge >= 0.3 is 25.7 Å². The van der Waals surface area contributed by atoms with Crippen molar-refractivity contribution >= 4 is 25.7 Å². The van der Waals surface area contributed by atoms with Crippen molar-refractivity contribution in [1.82, 2.24) is 0 Å². The molecule has 0 aliphatic carbocycles. The smallest absolute Gasteiger partial charge is 0.472 e. The van der Waals surface area contributed by atoms with E-state index in [1.54, 1.807) is 0 Å². The first kappa shape index (κ1) is 47.2. The molecule has 0 radical (unpaired) electrons. The van der Waals surface area contributed by atoms with E-state index >= 15 is 0 Å². The van der Waals surface area contributed by atoms with Crippen LogP contribution in [0.25, 0.3) is 0 Å². The summed E-state index contributed by atoms with van der Waals surface area (Å²) in [6.45, 7) is 2.76. The normalized spacial score (nSPS) is 14.0. The second-order valence-corrected chi connectivity index (χ2v) is 14.5. The molecule has 3 atom stereocenters. The number of phosphoric ester groups is 1. The van der Waals surface area contributed by atoms with Crippen molar-refractivity contribution in [3.8, 4) is 0 Å². The van der Waals surface area contributed by atoms with E-state index in [4.69, 9.17) is 24.8 Å². The lowest BCUT2D eigenvalue weighted by atomic mass is 10.1. The fourth-order valence-electron chi connectivity index (χ4n) is 5.18. The molecule has 0 saturated carbocycles. The highest BCUT2D eigenvalue weighted by Gasteiger charge is 2.28. The summed E-state index contributed by atoms with van der Waals surface area (Å²) in [5.74, 6) is -2.39. The van der Waals surface area contributed by atoms with Gasteiger partial charge in [-0.2, -0.15) is 0 Å². The van der Waals surface area contributed by atoms with Gasteiger partial charge in [0, 0.05) is 12.8 Å². The van der Waals surface area contributed by atoms with Crippen molar-refractivity contribution in [2.24, 2.45) is 5.73 Å². The molecule has 0 fully saturated rings. The summed E-state index contributed by atoms with van der Waals surface area (Å²) < 4.78 is 32.5. The summed E-state index contributed by atoms with van der Waals surface area (Å²) in [5.41, 5.74) is 5.31. The number of carboxylic acid groups (broad SMARTS) is 1. The van der Waals surface area contributed by atoms with Crippen molar-refractivity contribution in [3.05, 3.63) is 12.2 Å². The molecular weight excluding hydrogens is 649 g/mol. The minimum Gasteiger partial charge on any atom is -0.480 e. The van der Waals surface area contributed by atoms with Crippen LogP contribution in [0.4, 0.5) is 0 Å². The number of hydrogen-bond donors (Lipinski definition) is 3. The topological polar surface area (TPSA) is 172 Å². The zero-order valence-electron chi connectivity index (χ0n) is 30.8. The SMILES string of the molecule is CCCCCCCC/C=C\CCCCCCCC(=O)O[C@H](COC(=O)CCCCCCCCCCCC)COP(=O)(O)OC[C@H](N)C(=O)O. The maximum atomic E-state index is 12.5. The molecule has 11 nitrogen and oxygen atoms in total. The Balaban J connectivity index is 4.43. The van der Waals surface area contributed by atoms with Crippen LogP contribution in [0.15, 0.2) is 12.2 Å². The maximum absolute atomic E-state index is 12.5. The van der Waals surface area contributed by atoms with E-state index in [0.29, 0.717) is 12.8 Å². The molecule has 0 aliphatic rings. The first-order chi connectivity index (χ1) is 23.6. The van der Waals surface area contributed by atoms with Crippen LogP contribution in [0.3, 0.4) is 0 Å². The number of phosphoric acid groups is 1. The first-order valence-corrected chi connectivity index (χ1v) is 20.7. The number of rotatable bonds is 36. The Morgan fingerprint density at radius 1 is 0.612 bits per heavy atom. The number of allylic oxidation sites excluding steroid dienone is 2. The molecule has 0 amide bonds. The third kappa shape index (κ3) is 33.1. The van der Waals surface area contributed by atoms with E-state index in [2.05, 4.69) is 30.5 Å². The number of nitrogens with two attached hydrogens (primary N) is 1. The fourth-order valence-corrected chi connectivity index (χ4v) is 5.95.